The summed E-state index contributed by atoms with van der Waals surface area (Å²) in [7, 11) is 0. The summed E-state index contributed by atoms with van der Waals surface area (Å²) in [6.45, 7) is 32.3. The van der Waals surface area contributed by atoms with Crippen LogP contribution in [0.25, 0.3) is 33.0 Å². The summed E-state index contributed by atoms with van der Waals surface area (Å²) in [4.78, 5) is 4.99. The van der Waals surface area contributed by atoms with Gasteiger partial charge in [-0.05, 0) is 275 Å². The van der Waals surface area contributed by atoms with E-state index >= 15 is 0 Å². The van der Waals surface area contributed by atoms with Gasteiger partial charge in [0.25, 0.3) is 0 Å². The van der Waals surface area contributed by atoms with Crippen LogP contribution in [0.3, 0.4) is 0 Å². The van der Waals surface area contributed by atoms with E-state index in [9.17, 15) is 0 Å². The minimum absolute atomic E-state index is 0.186. The Bertz CT molecular complexity index is 3090. The van der Waals surface area contributed by atoms with Gasteiger partial charge in [-0.25, -0.2) is 0 Å². The lowest BCUT2D eigenvalue weighted by molar-refractivity contribution is 0.660. The van der Waals surface area contributed by atoms with E-state index in [2.05, 4.69) is 228 Å². The van der Waals surface area contributed by atoms with Crippen LogP contribution in [0.5, 0.6) is 0 Å². The summed E-state index contributed by atoms with van der Waals surface area (Å²) in [5, 5.41) is 2.61. The van der Waals surface area contributed by atoms with Gasteiger partial charge in [0.15, 0.2) is 0 Å². The van der Waals surface area contributed by atoms with Crippen molar-refractivity contribution in [1.82, 2.24) is 0 Å². The van der Waals surface area contributed by atoms with Crippen LogP contribution < -0.4 is 9.80 Å². The average Bonchev–Trinajstić information content (AvgIpc) is 3.68. The second kappa shape index (κ2) is 16.7. The third kappa shape index (κ3) is 7.12. The van der Waals surface area contributed by atoms with Crippen molar-refractivity contribution in [3.63, 3.8) is 0 Å². The van der Waals surface area contributed by atoms with Crippen LogP contribution in [0.4, 0.5) is 34.1 Å². The quantitative estimate of drug-likeness (QED) is 0.135. The molecule has 10 rings (SSSR count). The van der Waals surface area contributed by atoms with E-state index in [0.29, 0.717) is 0 Å². The number of benzene rings is 8. The Kier molecular flexibility index (Phi) is 11.1. The Morgan fingerprint density at radius 3 is 0.956 bits per heavy atom. The molecule has 0 fully saturated rings. The van der Waals surface area contributed by atoms with Crippen molar-refractivity contribution in [2.24, 2.45) is 0 Å². The average molecular weight is 891 g/mol. The monoisotopic (exact) mass is 891 g/mol. The van der Waals surface area contributed by atoms with Gasteiger partial charge in [0.2, 0.25) is 0 Å². The molecule has 2 aliphatic rings. The van der Waals surface area contributed by atoms with Crippen LogP contribution in [0.2, 0.25) is 0 Å². The molecule has 344 valence electrons. The predicted octanol–water partition coefficient (Wildman–Crippen LogP) is 18.5. The van der Waals surface area contributed by atoms with E-state index in [-0.39, 0.29) is 10.8 Å². The van der Waals surface area contributed by atoms with E-state index in [1.807, 2.05) is 0 Å². The first-order chi connectivity index (χ1) is 32.5. The Morgan fingerprint density at radius 2 is 0.618 bits per heavy atom. The highest BCUT2D eigenvalue weighted by atomic mass is 15.1. The number of fused-ring (bicyclic) bond motifs is 7. The molecule has 68 heavy (non-hydrogen) atoms. The number of aryl methyl sites for hydroxylation is 8. The summed E-state index contributed by atoms with van der Waals surface area (Å²) in [5.41, 5.74) is 31.6. The van der Waals surface area contributed by atoms with Gasteiger partial charge in [-0.1, -0.05) is 79.7 Å². The molecule has 2 heteroatoms. The zero-order chi connectivity index (χ0) is 48.1. The highest BCUT2D eigenvalue weighted by Gasteiger charge is 2.39. The highest BCUT2D eigenvalue weighted by molar-refractivity contribution is 5.99. The molecule has 8 aromatic carbocycles. The minimum Gasteiger partial charge on any atom is -0.310 e. The Hall–Kier alpha value is -6.38. The largest absolute Gasteiger partial charge is 0.310 e. The van der Waals surface area contributed by atoms with Crippen LogP contribution in [-0.4, -0.2) is 0 Å². The molecule has 0 amide bonds. The Labute approximate surface area is 407 Å². The predicted molar refractivity (Wildman–Crippen MR) is 294 cm³/mol. The van der Waals surface area contributed by atoms with E-state index in [0.717, 1.165) is 25.7 Å². The molecule has 0 spiro atoms. The first-order valence-electron chi connectivity index (χ1n) is 25.4. The van der Waals surface area contributed by atoms with Gasteiger partial charge in [0.1, 0.15) is 0 Å². The molecular formula is C66H70N2. The highest BCUT2D eigenvalue weighted by Crippen LogP contribution is 2.55. The van der Waals surface area contributed by atoms with Crippen molar-refractivity contribution in [2.45, 2.75) is 133 Å². The van der Waals surface area contributed by atoms with Crippen molar-refractivity contribution < 1.29 is 0 Å². The number of rotatable bonds is 10. The van der Waals surface area contributed by atoms with Gasteiger partial charge < -0.3 is 9.80 Å². The zero-order valence-electron chi connectivity index (χ0n) is 43.3. The Morgan fingerprint density at radius 1 is 0.309 bits per heavy atom. The van der Waals surface area contributed by atoms with Crippen molar-refractivity contribution >= 4 is 44.9 Å². The number of hydrogen-bond donors (Lipinski definition) is 0. The van der Waals surface area contributed by atoms with Crippen molar-refractivity contribution in [2.75, 3.05) is 9.80 Å². The number of nitrogens with zero attached hydrogens (tertiary/aromatic N) is 2. The molecule has 0 saturated heterocycles. The molecule has 0 atom stereocenters. The van der Waals surface area contributed by atoms with Crippen LogP contribution >= 0.6 is 0 Å². The standard InChI is InChI=1S/C66H70N2/c1-15-45-19-21-51(31-47(45)17-3)67(55-27-39(5)43(9)40(6)28-55)53-23-25-57-59-33-49-36-62-60(34-50(49)35-61(59)65(11,12)63(57)37-53)58-26-24-54(38-64(58)66(62,13)14)68(56-29-41(7)44(10)42(8)30-56)52-22-20-46(16-2)48(18-4)32-52/h19-38H,15-18H2,1-14H3. The molecule has 0 N–H and O–H groups in total. The molecule has 2 nitrogen and oxygen atoms in total. The summed E-state index contributed by atoms with van der Waals surface area (Å²) in [5.74, 6) is 0. The number of hydrogen-bond acceptors (Lipinski definition) is 2. The third-order valence-corrected chi connectivity index (χ3v) is 16.7. The van der Waals surface area contributed by atoms with E-state index < -0.39 is 0 Å². The fraction of sp³-hybridized carbons (Fsp3) is 0.303. The van der Waals surface area contributed by atoms with Gasteiger partial charge in [0, 0.05) is 45.0 Å². The summed E-state index contributed by atoms with van der Waals surface area (Å²) in [6.07, 6.45) is 4.12. The maximum absolute atomic E-state index is 2.51. The third-order valence-electron chi connectivity index (χ3n) is 16.7. The topological polar surface area (TPSA) is 6.48 Å². The molecule has 2 aliphatic carbocycles. The van der Waals surface area contributed by atoms with Crippen LogP contribution in [0, 0.1) is 41.5 Å². The molecule has 0 aliphatic heterocycles. The van der Waals surface area contributed by atoms with Gasteiger partial charge in [-0.15, -0.1) is 0 Å². The van der Waals surface area contributed by atoms with E-state index in [1.54, 1.807) is 0 Å². The van der Waals surface area contributed by atoms with E-state index in [1.165, 1.54) is 145 Å². The summed E-state index contributed by atoms with van der Waals surface area (Å²) >= 11 is 0. The zero-order valence-corrected chi connectivity index (χ0v) is 43.3. The molecule has 0 aromatic heterocycles. The summed E-state index contributed by atoms with van der Waals surface area (Å²) < 4.78 is 0. The molecule has 0 unspecified atom stereocenters. The minimum atomic E-state index is -0.186. The summed E-state index contributed by atoms with van der Waals surface area (Å²) in [6, 6.07) is 48.2. The second-order valence-corrected chi connectivity index (χ2v) is 21.3. The fourth-order valence-electron chi connectivity index (χ4n) is 12.0. The molecule has 8 aromatic rings. The maximum atomic E-state index is 2.51. The van der Waals surface area contributed by atoms with Gasteiger partial charge in [-0.2, -0.15) is 0 Å². The van der Waals surface area contributed by atoms with Crippen molar-refractivity contribution in [3.8, 4) is 22.3 Å². The van der Waals surface area contributed by atoms with Crippen molar-refractivity contribution in [3.05, 3.63) is 199 Å². The molecule has 0 radical (unpaired) electrons. The van der Waals surface area contributed by atoms with Crippen LogP contribution in [-0.2, 0) is 36.5 Å². The lowest BCUT2D eigenvalue weighted by Gasteiger charge is -2.29. The fourth-order valence-corrected chi connectivity index (χ4v) is 12.0. The second-order valence-electron chi connectivity index (χ2n) is 21.3. The Balaban J connectivity index is 1.07. The molecular weight excluding hydrogens is 821 g/mol. The van der Waals surface area contributed by atoms with Crippen LogP contribution in [0.1, 0.15) is 133 Å². The van der Waals surface area contributed by atoms with E-state index in [4.69, 9.17) is 0 Å². The smallest absolute Gasteiger partial charge is 0.0467 e. The van der Waals surface area contributed by atoms with Gasteiger partial charge in [-0.3, -0.25) is 0 Å². The lowest BCUT2D eigenvalue weighted by Crippen LogP contribution is -2.17. The maximum Gasteiger partial charge on any atom is 0.0467 e. The first-order valence-corrected chi connectivity index (χ1v) is 25.4. The molecule has 0 heterocycles. The SMILES string of the molecule is CCc1ccc(N(c2cc(C)c(C)c(C)c2)c2ccc3c(c2)C(C)(C)c2cc4cc5c(cc4cc2-3)C(C)(C)c2cc(N(c3cc(C)c(C)c(C)c3)c3ccc(CC)c(CC)c3)ccc2-5)cc1CC. The lowest BCUT2D eigenvalue weighted by atomic mass is 9.80. The van der Waals surface area contributed by atoms with Crippen LogP contribution in [0.15, 0.2) is 121 Å². The van der Waals surface area contributed by atoms with Crippen molar-refractivity contribution in [1.29, 1.82) is 0 Å². The molecule has 0 bridgehead atoms. The molecule has 0 saturated carbocycles. The van der Waals surface area contributed by atoms with Gasteiger partial charge >= 0.3 is 0 Å². The first kappa shape index (κ1) is 45.4. The van der Waals surface area contributed by atoms with Gasteiger partial charge in [0.05, 0.1) is 0 Å². The normalized spacial score (nSPS) is 13.9. The number of anilines is 6.